The van der Waals surface area contributed by atoms with Gasteiger partial charge in [-0.25, -0.2) is 0 Å². The number of nitrogens with two attached hydrogens (primary N) is 1. The number of aliphatic hydroxyl groups excluding tert-OH is 1. The molecule has 13 heavy (non-hydrogen) atoms. The smallest absolute Gasteiger partial charge is 0.0505 e. The van der Waals surface area contributed by atoms with E-state index in [1.807, 2.05) is 11.4 Å². The van der Waals surface area contributed by atoms with Crippen LogP contribution < -0.4 is 5.73 Å². The van der Waals surface area contributed by atoms with Gasteiger partial charge in [0.1, 0.15) is 0 Å². The monoisotopic (exact) mass is 197 g/mol. The van der Waals surface area contributed by atoms with Crippen LogP contribution in [0.15, 0.2) is 17.5 Å². The van der Waals surface area contributed by atoms with Crippen LogP contribution in [-0.2, 0) is 0 Å². The largest absolute Gasteiger partial charge is 0.396 e. The Morgan fingerprint density at radius 3 is 2.77 bits per heavy atom. The van der Waals surface area contributed by atoms with E-state index in [1.54, 1.807) is 11.3 Å². The molecule has 0 saturated heterocycles. The van der Waals surface area contributed by atoms with Gasteiger partial charge in [-0.3, -0.25) is 0 Å². The van der Waals surface area contributed by atoms with Crippen LogP contribution in [0.5, 0.6) is 0 Å². The summed E-state index contributed by atoms with van der Waals surface area (Å²) in [6.45, 7) is 0.228. The molecule has 1 fully saturated rings. The topological polar surface area (TPSA) is 46.2 Å². The summed E-state index contributed by atoms with van der Waals surface area (Å²) in [6.07, 6.45) is 3.35. The molecule has 1 aliphatic carbocycles. The lowest BCUT2D eigenvalue weighted by atomic mass is 9.64. The van der Waals surface area contributed by atoms with Crippen molar-refractivity contribution in [3.8, 4) is 0 Å². The van der Waals surface area contributed by atoms with Crippen molar-refractivity contribution in [1.29, 1.82) is 0 Å². The van der Waals surface area contributed by atoms with Crippen molar-refractivity contribution in [3.63, 3.8) is 0 Å². The van der Waals surface area contributed by atoms with Crippen LogP contribution in [0.2, 0.25) is 0 Å². The van der Waals surface area contributed by atoms with E-state index in [4.69, 9.17) is 5.73 Å². The molecule has 1 aromatic rings. The molecule has 0 radical (unpaired) electrons. The first kappa shape index (κ1) is 9.19. The van der Waals surface area contributed by atoms with Crippen LogP contribution in [0, 0.1) is 5.41 Å². The minimum atomic E-state index is -0.00907. The Labute approximate surface area is 82.4 Å². The summed E-state index contributed by atoms with van der Waals surface area (Å²) in [6, 6.07) is 4.11. The van der Waals surface area contributed by atoms with Gasteiger partial charge in [-0.2, -0.15) is 0 Å². The van der Waals surface area contributed by atoms with Gasteiger partial charge in [0.2, 0.25) is 0 Å². The van der Waals surface area contributed by atoms with E-state index in [0.29, 0.717) is 0 Å². The zero-order valence-electron chi connectivity index (χ0n) is 7.57. The second-order valence-corrected chi connectivity index (χ2v) is 4.85. The molecule has 3 N–H and O–H groups in total. The van der Waals surface area contributed by atoms with E-state index in [1.165, 1.54) is 11.3 Å². The molecule has 0 amide bonds. The van der Waals surface area contributed by atoms with Gasteiger partial charge in [0.25, 0.3) is 0 Å². The van der Waals surface area contributed by atoms with Crippen LogP contribution in [-0.4, -0.2) is 11.7 Å². The predicted octanol–water partition coefficient (Wildman–Crippen LogP) is 1.91. The molecular formula is C10H15NOS. The molecule has 1 atom stereocenters. The highest BCUT2D eigenvalue weighted by molar-refractivity contribution is 7.10. The van der Waals surface area contributed by atoms with E-state index >= 15 is 0 Å². The number of rotatable bonds is 3. The number of hydrogen-bond donors (Lipinski definition) is 2. The lowest BCUT2D eigenvalue weighted by molar-refractivity contribution is 0.0194. The summed E-state index contributed by atoms with van der Waals surface area (Å²) in [5, 5.41) is 11.4. The summed E-state index contributed by atoms with van der Waals surface area (Å²) >= 11 is 1.69. The van der Waals surface area contributed by atoms with E-state index < -0.39 is 0 Å². The lowest BCUT2D eigenvalue weighted by Gasteiger charge is -2.44. The number of thiophene rings is 1. The molecule has 72 valence electrons. The van der Waals surface area contributed by atoms with Gasteiger partial charge in [-0.05, 0) is 24.3 Å². The third-order valence-electron chi connectivity index (χ3n) is 3.17. The normalized spacial score (nSPS) is 22.3. The Morgan fingerprint density at radius 1 is 1.62 bits per heavy atom. The fraction of sp³-hybridized carbons (Fsp3) is 0.600. The lowest BCUT2D eigenvalue weighted by Crippen LogP contribution is -2.43. The van der Waals surface area contributed by atoms with Crippen molar-refractivity contribution < 1.29 is 5.11 Å². The first-order valence-electron chi connectivity index (χ1n) is 4.68. The minimum Gasteiger partial charge on any atom is -0.396 e. The molecule has 1 aliphatic rings. The molecule has 0 bridgehead atoms. The van der Waals surface area contributed by atoms with Gasteiger partial charge in [0, 0.05) is 16.3 Å². The van der Waals surface area contributed by atoms with Crippen molar-refractivity contribution >= 4 is 11.3 Å². The average molecular weight is 197 g/mol. The van der Waals surface area contributed by atoms with E-state index in [2.05, 4.69) is 6.07 Å². The quantitative estimate of drug-likeness (QED) is 0.777. The highest BCUT2D eigenvalue weighted by atomic mass is 32.1. The second kappa shape index (κ2) is 3.40. The summed E-state index contributed by atoms with van der Waals surface area (Å²) in [5.41, 5.74) is 6.13. The van der Waals surface area contributed by atoms with E-state index in [0.717, 1.165) is 12.8 Å². The number of hydrogen-bond acceptors (Lipinski definition) is 3. The molecule has 1 saturated carbocycles. The van der Waals surface area contributed by atoms with Crippen molar-refractivity contribution in [3.05, 3.63) is 22.4 Å². The van der Waals surface area contributed by atoms with Crippen molar-refractivity contribution in [2.45, 2.75) is 25.3 Å². The van der Waals surface area contributed by atoms with Gasteiger partial charge in [-0.15, -0.1) is 11.3 Å². The predicted molar refractivity (Wildman–Crippen MR) is 54.6 cm³/mol. The van der Waals surface area contributed by atoms with Crippen LogP contribution in [0.4, 0.5) is 0 Å². The van der Waals surface area contributed by atoms with Crippen LogP contribution in [0.1, 0.15) is 30.2 Å². The van der Waals surface area contributed by atoms with Crippen molar-refractivity contribution in [2.24, 2.45) is 11.1 Å². The fourth-order valence-electron chi connectivity index (χ4n) is 1.97. The van der Waals surface area contributed by atoms with Crippen LogP contribution in [0.3, 0.4) is 0 Å². The van der Waals surface area contributed by atoms with E-state index in [-0.39, 0.29) is 18.1 Å². The first-order chi connectivity index (χ1) is 6.28. The fourth-order valence-corrected chi connectivity index (χ4v) is 2.84. The molecule has 2 nitrogen and oxygen atoms in total. The highest BCUT2D eigenvalue weighted by Crippen LogP contribution is 2.49. The van der Waals surface area contributed by atoms with Gasteiger partial charge in [0.15, 0.2) is 0 Å². The standard InChI is InChI=1S/C10H15NOS/c11-9(8-3-1-6-13-8)10(7-12)4-2-5-10/h1,3,6,9,12H,2,4-5,7,11H2/t9-/m0/s1. The summed E-state index contributed by atoms with van der Waals surface area (Å²) < 4.78 is 0. The van der Waals surface area contributed by atoms with E-state index in [9.17, 15) is 5.11 Å². The molecule has 0 unspecified atom stereocenters. The minimum absolute atomic E-state index is 0.00907. The average Bonchev–Trinajstić information content (AvgIpc) is 2.54. The van der Waals surface area contributed by atoms with Gasteiger partial charge in [-0.1, -0.05) is 12.5 Å². The number of aliphatic hydroxyl groups is 1. The molecule has 3 heteroatoms. The Morgan fingerprint density at radius 2 is 2.38 bits per heavy atom. The maximum atomic E-state index is 9.33. The summed E-state index contributed by atoms with van der Waals surface area (Å²) in [4.78, 5) is 1.20. The SMILES string of the molecule is N[C@@H](c1cccs1)C1(CO)CCC1. The second-order valence-electron chi connectivity index (χ2n) is 3.87. The third kappa shape index (κ3) is 1.41. The zero-order chi connectivity index (χ0) is 9.31. The Balaban J connectivity index is 2.16. The van der Waals surface area contributed by atoms with Gasteiger partial charge >= 0.3 is 0 Å². The van der Waals surface area contributed by atoms with Crippen LogP contribution in [0.25, 0.3) is 0 Å². The molecule has 1 heterocycles. The maximum Gasteiger partial charge on any atom is 0.0505 e. The molecule has 0 aliphatic heterocycles. The Hall–Kier alpha value is -0.380. The Kier molecular flexibility index (Phi) is 2.41. The highest BCUT2D eigenvalue weighted by Gasteiger charge is 2.42. The van der Waals surface area contributed by atoms with Gasteiger partial charge in [0.05, 0.1) is 6.61 Å². The zero-order valence-corrected chi connectivity index (χ0v) is 8.39. The third-order valence-corrected chi connectivity index (χ3v) is 4.13. The van der Waals surface area contributed by atoms with Gasteiger partial charge < -0.3 is 10.8 Å². The van der Waals surface area contributed by atoms with Crippen molar-refractivity contribution in [2.75, 3.05) is 6.61 Å². The first-order valence-corrected chi connectivity index (χ1v) is 5.56. The molecule has 0 aromatic carbocycles. The van der Waals surface area contributed by atoms with Crippen LogP contribution >= 0.6 is 11.3 Å². The summed E-state index contributed by atoms with van der Waals surface area (Å²) in [5.74, 6) is 0. The molecular weight excluding hydrogens is 182 g/mol. The molecule has 2 rings (SSSR count). The maximum absolute atomic E-state index is 9.33. The summed E-state index contributed by atoms with van der Waals surface area (Å²) in [7, 11) is 0. The molecule has 0 spiro atoms. The molecule has 1 aromatic heterocycles. The van der Waals surface area contributed by atoms with Crippen molar-refractivity contribution in [1.82, 2.24) is 0 Å². The Bertz CT molecular complexity index is 261.